The Bertz CT molecular complexity index is 507. The van der Waals surface area contributed by atoms with Gasteiger partial charge in [0.2, 0.25) is 0 Å². The first kappa shape index (κ1) is 16.6. The number of halogens is 2. The van der Waals surface area contributed by atoms with Crippen LogP contribution in [0.15, 0.2) is 23.1 Å². The van der Waals surface area contributed by atoms with Crippen molar-refractivity contribution in [1.29, 1.82) is 0 Å². The van der Waals surface area contributed by atoms with Crippen LogP contribution in [0.5, 0.6) is 0 Å². The van der Waals surface area contributed by atoms with E-state index >= 15 is 0 Å². The molecule has 118 valence electrons. The SMILES string of the molecule is CCCNC1CCC(C)CC1S(=O)c1cc(F)ccc1F. The Kier molecular flexibility index (Phi) is 5.88. The van der Waals surface area contributed by atoms with Gasteiger partial charge in [0, 0.05) is 6.04 Å². The second kappa shape index (κ2) is 7.45. The average molecular weight is 315 g/mol. The van der Waals surface area contributed by atoms with E-state index in [0.717, 1.165) is 50.4 Å². The maximum absolute atomic E-state index is 13.9. The van der Waals surface area contributed by atoms with Crippen molar-refractivity contribution in [2.45, 2.75) is 55.7 Å². The highest BCUT2D eigenvalue weighted by molar-refractivity contribution is 7.85. The third kappa shape index (κ3) is 4.10. The maximum atomic E-state index is 13.9. The molecule has 1 aliphatic carbocycles. The summed E-state index contributed by atoms with van der Waals surface area (Å²) in [5, 5.41) is 3.26. The molecule has 0 aliphatic heterocycles. The highest BCUT2D eigenvalue weighted by Gasteiger charge is 2.34. The van der Waals surface area contributed by atoms with Gasteiger partial charge < -0.3 is 5.32 Å². The molecule has 1 N–H and O–H groups in total. The molecule has 1 saturated carbocycles. The van der Waals surface area contributed by atoms with Crippen LogP contribution >= 0.6 is 0 Å². The molecule has 0 radical (unpaired) electrons. The second-order valence-electron chi connectivity index (χ2n) is 5.89. The topological polar surface area (TPSA) is 29.1 Å². The average Bonchev–Trinajstić information content (AvgIpc) is 2.47. The summed E-state index contributed by atoms with van der Waals surface area (Å²) in [6.07, 6.45) is 3.80. The molecule has 0 bridgehead atoms. The summed E-state index contributed by atoms with van der Waals surface area (Å²) in [5.74, 6) is -0.654. The minimum Gasteiger partial charge on any atom is -0.313 e. The van der Waals surface area contributed by atoms with Gasteiger partial charge in [-0.25, -0.2) is 8.78 Å². The molecule has 0 aromatic heterocycles. The largest absolute Gasteiger partial charge is 0.313 e. The summed E-state index contributed by atoms with van der Waals surface area (Å²) < 4.78 is 40.0. The lowest BCUT2D eigenvalue weighted by Crippen LogP contribution is -2.46. The third-order valence-corrected chi connectivity index (χ3v) is 5.91. The highest BCUT2D eigenvalue weighted by atomic mass is 32.2. The van der Waals surface area contributed by atoms with Crippen molar-refractivity contribution in [2.75, 3.05) is 6.54 Å². The van der Waals surface area contributed by atoms with Gasteiger partial charge in [0.15, 0.2) is 0 Å². The van der Waals surface area contributed by atoms with Crippen LogP contribution in [0.1, 0.15) is 39.5 Å². The lowest BCUT2D eigenvalue weighted by Gasteiger charge is -2.35. The summed E-state index contributed by atoms with van der Waals surface area (Å²) in [7, 11) is -1.52. The van der Waals surface area contributed by atoms with E-state index in [1.807, 2.05) is 0 Å². The lowest BCUT2D eigenvalue weighted by atomic mass is 9.87. The van der Waals surface area contributed by atoms with E-state index in [1.165, 1.54) is 0 Å². The molecular formula is C16H23F2NOS. The van der Waals surface area contributed by atoms with Gasteiger partial charge in [-0.3, -0.25) is 4.21 Å². The van der Waals surface area contributed by atoms with Gasteiger partial charge in [0.25, 0.3) is 0 Å². The van der Waals surface area contributed by atoms with Gasteiger partial charge in [-0.1, -0.05) is 13.8 Å². The van der Waals surface area contributed by atoms with Crippen molar-refractivity contribution in [3.05, 3.63) is 29.8 Å². The maximum Gasteiger partial charge on any atom is 0.139 e. The number of benzene rings is 1. The fraction of sp³-hybridized carbons (Fsp3) is 0.625. The van der Waals surface area contributed by atoms with Crippen molar-refractivity contribution in [3.63, 3.8) is 0 Å². The van der Waals surface area contributed by atoms with Crippen LogP contribution in [0.4, 0.5) is 8.78 Å². The normalized spacial score (nSPS) is 27.5. The Hall–Kier alpha value is -0.810. The molecule has 2 nitrogen and oxygen atoms in total. The fourth-order valence-electron chi connectivity index (χ4n) is 2.92. The standard InChI is InChI=1S/C16H23F2NOS/c1-3-8-19-14-7-4-11(2)9-16(14)21(20)15-10-12(17)5-6-13(15)18/h5-6,10-11,14,16,19H,3-4,7-9H2,1-2H3. The summed E-state index contributed by atoms with van der Waals surface area (Å²) in [5.41, 5.74) is 0. The summed E-state index contributed by atoms with van der Waals surface area (Å²) in [4.78, 5) is -0.00241. The van der Waals surface area contributed by atoms with Crippen molar-refractivity contribution < 1.29 is 13.0 Å². The molecule has 2 rings (SSSR count). The summed E-state index contributed by atoms with van der Waals surface area (Å²) >= 11 is 0. The lowest BCUT2D eigenvalue weighted by molar-refractivity contribution is 0.313. The third-order valence-electron chi connectivity index (χ3n) is 4.10. The number of rotatable bonds is 5. The molecule has 5 heteroatoms. The van der Waals surface area contributed by atoms with Gasteiger partial charge >= 0.3 is 0 Å². The minimum absolute atomic E-state index is 0.00241. The number of nitrogens with one attached hydrogen (secondary N) is 1. The van der Waals surface area contributed by atoms with Crippen LogP contribution in [0.2, 0.25) is 0 Å². The van der Waals surface area contributed by atoms with E-state index in [2.05, 4.69) is 19.2 Å². The molecule has 1 aromatic rings. The zero-order chi connectivity index (χ0) is 15.4. The number of hydrogen-bond donors (Lipinski definition) is 1. The van der Waals surface area contributed by atoms with Crippen LogP contribution in [-0.2, 0) is 10.8 Å². The van der Waals surface area contributed by atoms with E-state index in [1.54, 1.807) is 0 Å². The van der Waals surface area contributed by atoms with Crippen molar-refractivity contribution in [3.8, 4) is 0 Å². The summed E-state index contributed by atoms with van der Waals surface area (Å²) in [6.45, 7) is 5.07. The predicted octanol–water partition coefficient (Wildman–Crippen LogP) is 3.63. The fourth-order valence-corrected chi connectivity index (χ4v) is 4.77. The van der Waals surface area contributed by atoms with Gasteiger partial charge in [0.1, 0.15) is 11.6 Å². The van der Waals surface area contributed by atoms with Gasteiger partial charge in [-0.15, -0.1) is 0 Å². The molecule has 4 unspecified atom stereocenters. The van der Waals surface area contributed by atoms with Crippen LogP contribution in [0.25, 0.3) is 0 Å². The molecular weight excluding hydrogens is 292 g/mol. The quantitative estimate of drug-likeness (QED) is 0.899. The zero-order valence-electron chi connectivity index (χ0n) is 12.6. The van der Waals surface area contributed by atoms with E-state index in [4.69, 9.17) is 0 Å². The van der Waals surface area contributed by atoms with E-state index < -0.39 is 22.4 Å². The minimum atomic E-state index is -1.52. The van der Waals surface area contributed by atoms with Gasteiger partial charge in [0.05, 0.1) is 20.9 Å². The molecule has 1 fully saturated rings. The van der Waals surface area contributed by atoms with E-state index in [0.29, 0.717) is 5.92 Å². The second-order valence-corrected chi connectivity index (χ2v) is 7.53. The molecule has 0 spiro atoms. The van der Waals surface area contributed by atoms with Crippen LogP contribution in [0, 0.1) is 17.6 Å². The number of hydrogen-bond acceptors (Lipinski definition) is 2. The smallest absolute Gasteiger partial charge is 0.139 e. The Balaban J connectivity index is 2.22. The van der Waals surface area contributed by atoms with Gasteiger partial charge in [-0.2, -0.15) is 0 Å². The van der Waals surface area contributed by atoms with Crippen molar-refractivity contribution >= 4 is 10.8 Å². The van der Waals surface area contributed by atoms with Crippen molar-refractivity contribution in [1.82, 2.24) is 5.32 Å². The van der Waals surface area contributed by atoms with E-state index in [9.17, 15) is 13.0 Å². The Labute approximate surface area is 127 Å². The molecule has 0 saturated heterocycles. The first-order valence-electron chi connectivity index (χ1n) is 7.62. The first-order chi connectivity index (χ1) is 10.0. The predicted molar refractivity (Wildman–Crippen MR) is 81.7 cm³/mol. The van der Waals surface area contributed by atoms with Crippen LogP contribution < -0.4 is 5.32 Å². The monoisotopic (exact) mass is 315 g/mol. The van der Waals surface area contributed by atoms with Gasteiger partial charge in [-0.05, 0) is 56.3 Å². The molecule has 1 aliphatic rings. The van der Waals surface area contributed by atoms with Crippen LogP contribution in [0.3, 0.4) is 0 Å². The molecule has 21 heavy (non-hydrogen) atoms. The van der Waals surface area contributed by atoms with Crippen molar-refractivity contribution in [2.24, 2.45) is 5.92 Å². The Morgan fingerprint density at radius 2 is 2.10 bits per heavy atom. The molecule has 1 aromatic carbocycles. The molecule has 0 heterocycles. The molecule has 0 amide bonds. The highest BCUT2D eigenvalue weighted by Crippen LogP contribution is 2.31. The molecule has 4 atom stereocenters. The first-order valence-corrected chi connectivity index (χ1v) is 8.83. The van der Waals surface area contributed by atoms with E-state index in [-0.39, 0.29) is 16.2 Å². The van der Waals surface area contributed by atoms with Crippen LogP contribution in [-0.4, -0.2) is 22.0 Å². The summed E-state index contributed by atoms with van der Waals surface area (Å²) in [6, 6.07) is 3.31. The Morgan fingerprint density at radius 3 is 2.81 bits per heavy atom. The Morgan fingerprint density at radius 1 is 1.33 bits per heavy atom. The zero-order valence-corrected chi connectivity index (χ0v) is 13.4.